The molecule has 1 aliphatic rings. The Morgan fingerprint density at radius 3 is 1.00 bits per heavy atom. The summed E-state index contributed by atoms with van der Waals surface area (Å²) >= 11 is 0. The van der Waals surface area contributed by atoms with Gasteiger partial charge >= 0.3 is 0 Å². The Morgan fingerprint density at radius 2 is 1.00 bits per heavy atom. The van der Waals surface area contributed by atoms with E-state index in [2.05, 4.69) is 0 Å². The highest BCUT2D eigenvalue weighted by molar-refractivity contribution is 6.14. The topological polar surface area (TPSA) is 52.7 Å². The van der Waals surface area contributed by atoms with Crippen molar-refractivity contribution in [1.82, 2.24) is 15.1 Å². The van der Waals surface area contributed by atoms with Gasteiger partial charge in [-0.05, 0) is 42.3 Å². The second-order valence-electron chi connectivity index (χ2n) is 3.83. The van der Waals surface area contributed by atoms with Gasteiger partial charge in [-0.15, -0.1) is 0 Å². The van der Waals surface area contributed by atoms with E-state index in [0.29, 0.717) is 0 Å². The van der Waals surface area contributed by atoms with Gasteiger partial charge in [-0.2, -0.15) is 0 Å². The Hall–Kier alpha value is -0.940. The highest BCUT2D eigenvalue weighted by Crippen LogP contribution is 1.89. The molecule has 0 spiro atoms. The van der Waals surface area contributed by atoms with Crippen LogP contribution in [0.2, 0.25) is 0 Å². The molecular weight excluding hydrogens is 182 g/mol. The predicted octanol–water partition coefficient (Wildman–Crippen LogP) is -0.611. The number of imide groups is 1. The second-order valence-corrected chi connectivity index (χ2v) is 3.83. The molecule has 0 aliphatic carbocycles. The molecule has 0 aromatic carbocycles. The highest BCUT2D eigenvalue weighted by atomic mass is 16.2. The summed E-state index contributed by atoms with van der Waals surface area (Å²) in [6.45, 7) is 0. The Bertz CT molecular complexity index is 145. The van der Waals surface area contributed by atoms with Crippen molar-refractivity contribution < 1.29 is 9.59 Å². The fourth-order valence-corrected chi connectivity index (χ4v) is 0.283. The maximum atomic E-state index is 9.78. The van der Waals surface area contributed by atoms with Crippen molar-refractivity contribution >= 4 is 11.8 Å². The van der Waals surface area contributed by atoms with Crippen LogP contribution in [0.5, 0.6) is 0 Å². The van der Waals surface area contributed by atoms with Crippen LogP contribution in [0.3, 0.4) is 0 Å². The Balaban J connectivity index is 0. The van der Waals surface area contributed by atoms with Crippen LogP contribution in [-0.2, 0) is 9.59 Å². The Labute approximate surface area is 86.1 Å². The molecule has 0 unspecified atom stereocenters. The lowest BCUT2D eigenvalue weighted by Crippen LogP contribution is -2.43. The van der Waals surface area contributed by atoms with Gasteiger partial charge in [0.15, 0.2) is 0 Å². The molecule has 14 heavy (non-hydrogen) atoms. The standard InChI is InChI=1S/C3H3NO2.2C3H9N/c5-2-1-3(6)4-2;2*1-4(2)3/h1H2,(H,4,5,6);2*1-3H3. The number of carbonyl (C=O) groups excluding carboxylic acids is 2. The van der Waals surface area contributed by atoms with Crippen molar-refractivity contribution in [2.45, 2.75) is 6.42 Å². The van der Waals surface area contributed by atoms with Crippen molar-refractivity contribution in [3.63, 3.8) is 0 Å². The van der Waals surface area contributed by atoms with Crippen LogP contribution in [0, 0.1) is 0 Å². The molecule has 1 saturated heterocycles. The first-order valence-corrected chi connectivity index (χ1v) is 4.30. The van der Waals surface area contributed by atoms with E-state index in [1.54, 1.807) is 0 Å². The lowest BCUT2D eigenvalue weighted by molar-refractivity contribution is -0.140. The molecule has 5 nitrogen and oxygen atoms in total. The molecular formula is C9H21N3O2. The minimum absolute atomic E-state index is 0.0833. The van der Waals surface area contributed by atoms with E-state index in [1.165, 1.54) is 0 Å². The molecule has 0 radical (unpaired) electrons. The van der Waals surface area contributed by atoms with E-state index in [9.17, 15) is 9.59 Å². The summed E-state index contributed by atoms with van der Waals surface area (Å²) < 4.78 is 0. The minimum Gasteiger partial charge on any atom is -0.312 e. The molecule has 2 amide bonds. The number of nitrogens with one attached hydrogen (secondary N) is 1. The van der Waals surface area contributed by atoms with E-state index in [4.69, 9.17) is 0 Å². The molecule has 0 aromatic rings. The van der Waals surface area contributed by atoms with Crippen LogP contribution in [0.1, 0.15) is 6.42 Å². The molecule has 1 rings (SSSR count). The molecule has 1 heterocycles. The van der Waals surface area contributed by atoms with Gasteiger partial charge in [0.25, 0.3) is 0 Å². The van der Waals surface area contributed by atoms with Crippen molar-refractivity contribution in [2.75, 3.05) is 42.3 Å². The lowest BCUT2D eigenvalue weighted by atomic mass is 10.3. The molecule has 1 aliphatic heterocycles. The van der Waals surface area contributed by atoms with Crippen LogP contribution in [0.15, 0.2) is 0 Å². The number of amides is 2. The molecule has 84 valence electrons. The third kappa shape index (κ3) is 22.5. The number of rotatable bonds is 0. The molecule has 1 fully saturated rings. The summed E-state index contributed by atoms with van der Waals surface area (Å²) in [5.74, 6) is -0.333. The smallest absolute Gasteiger partial charge is 0.236 e. The number of carbonyl (C=O) groups is 2. The van der Waals surface area contributed by atoms with Crippen LogP contribution < -0.4 is 5.32 Å². The van der Waals surface area contributed by atoms with Gasteiger partial charge < -0.3 is 9.80 Å². The summed E-state index contributed by atoms with van der Waals surface area (Å²) in [6.07, 6.45) is 0.0833. The maximum absolute atomic E-state index is 9.78. The monoisotopic (exact) mass is 203 g/mol. The normalized spacial score (nSPS) is 13.4. The fourth-order valence-electron chi connectivity index (χ4n) is 0.283. The van der Waals surface area contributed by atoms with Gasteiger partial charge in [-0.25, -0.2) is 0 Å². The highest BCUT2D eigenvalue weighted by Gasteiger charge is 2.20. The summed E-state index contributed by atoms with van der Waals surface area (Å²) in [5, 5.41) is 2.03. The van der Waals surface area contributed by atoms with E-state index >= 15 is 0 Å². The van der Waals surface area contributed by atoms with Crippen molar-refractivity contribution in [2.24, 2.45) is 0 Å². The average molecular weight is 203 g/mol. The van der Waals surface area contributed by atoms with Crippen molar-refractivity contribution in [1.29, 1.82) is 0 Å². The van der Waals surface area contributed by atoms with Gasteiger partial charge in [-0.1, -0.05) is 0 Å². The molecule has 0 aromatic heterocycles. The van der Waals surface area contributed by atoms with E-state index in [0.717, 1.165) is 0 Å². The summed E-state index contributed by atoms with van der Waals surface area (Å²) in [6, 6.07) is 0. The van der Waals surface area contributed by atoms with Gasteiger partial charge in [0.05, 0.1) is 0 Å². The summed E-state index contributed by atoms with van der Waals surface area (Å²) in [5.41, 5.74) is 0. The molecule has 0 saturated carbocycles. The fraction of sp³-hybridized carbons (Fsp3) is 0.778. The van der Waals surface area contributed by atoms with Crippen LogP contribution in [0.4, 0.5) is 0 Å². The van der Waals surface area contributed by atoms with Gasteiger partial charge in [0, 0.05) is 0 Å². The zero-order valence-corrected chi connectivity index (χ0v) is 9.92. The summed E-state index contributed by atoms with van der Waals surface area (Å²) in [4.78, 5) is 23.6. The summed E-state index contributed by atoms with van der Waals surface area (Å²) in [7, 11) is 12.0. The largest absolute Gasteiger partial charge is 0.312 e. The maximum Gasteiger partial charge on any atom is 0.236 e. The SMILES string of the molecule is CN(C)C.CN(C)C.O=C1CC(=O)N1. The molecule has 5 heteroatoms. The first-order chi connectivity index (χ1) is 6.25. The molecule has 0 bridgehead atoms. The van der Waals surface area contributed by atoms with Gasteiger partial charge in [0.1, 0.15) is 6.42 Å². The average Bonchev–Trinajstić information content (AvgIpc) is 1.81. The van der Waals surface area contributed by atoms with Crippen molar-refractivity contribution in [3.05, 3.63) is 0 Å². The first kappa shape index (κ1) is 15.5. The van der Waals surface area contributed by atoms with Crippen LogP contribution >= 0.6 is 0 Å². The number of β-lactam (4-membered cyclic amide) rings is 2. The number of nitrogens with zero attached hydrogens (tertiary/aromatic N) is 2. The van der Waals surface area contributed by atoms with Gasteiger partial charge in [-0.3, -0.25) is 14.9 Å². The number of hydrogen-bond acceptors (Lipinski definition) is 4. The predicted molar refractivity (Wildman–Crippen MR) is 57.0 cm³/mol. The van der Waals surface area contributed by atoms with Crippen LogP contribution in [0.25, 0.3) is 0 Å². The quantitative estimate of drug-likeness (QED) is 0.421. The third-order valence-electron chi connectivity index (χ3n) is 0.600. The van der Waals surface area contributed by atoms with E-state index in [-0.39, 0.29) is 18.2 Å². The van der Waals surface area contributed by atoms with E-state index < -0.39 is 0 Å². The Kier molecular flexibility index (Phi) is 9.59. The lowest BCUT2D eigenvalue weighted by Gasteiger charge is -2.08. The Morgan fingerprint density at radius 1 is 0.857 bits per heavy atom. The zero-order valence-electron chi connectivity index (χ0n) is 9.92. The van der Waals surface area contributed by atoms with Crippen molar-refractivity contribution in [3.8, 4) is 0 Å². The van der Waals surface area contributed by atoms with Gasteiger partial charge in [0.2, 0.25) is 11.8 Å². The zero-order chi connectivity index (χ0) is 11.7. The number of hydrogen-bond donors (Lipinski definition) is 1. The first-order valence-electron chi connectivity index (χ1n) is 4.30. The van der Waals surface area contributed by atoms with Crippen LogP contribution in [-0.4, -0.2) is 63.9 Å². The molecule has 1 N–H and O–H groups in total. The third-order valence-corrected chi connectivity index (χ3v) is 0.600. The van der Waals surface area contributed by atoms with E-state index in [1.807, 2.05) is 57.4 Å². The minimum atomic E-state index is -0.167. The second kappa shape index (κ2) is 8.65. The molecule has 0 atom stereocenters.